The Kier molecular flexibility index (Phi) is 3.60. The van der Waals surface area contributed by atoms with Gasteiger partial charge < -0.3 is 19.4 Å². The van der Waals surface area contributed by atoms with E-state index in [1.165, 1.54) is 0 Å². The van der Waals surface area contributed by atoms with Crippen molar-refractivity contribution in [3.8, 4) is 5.75 Å². The molecule has 1 N–H and O–H groups in total. The Morgan fingerprint density at radius 1 is 1.15 bits per heavy atom. The number of carbonyl (C=O) groups excluding carboxylic acids is 2. The Hall–Kier alpha value is -3.02. The number of para-hydroxylation sites is 1. The zero-order valence-corrected chi connectivity index (χ0v) is 15.0. The Bertz CT molecular complexity index is 1070. The third-order valence-electron chi connectivity index (χ3n) is 5.41. The van der Waals surface area contributed by atoms with Crippen LogP contribution in [0.1, 0.15) is 19.3 Å². The number of fused-ring (bicyclic) bond motifs is 3. The molecule has 2 amide bonds. The molecule has 2 aromatic carbocycles. The molecule has 5 rings (SSSR count). The smallest absolute Gasteiger partial charge is 0.239 e. The van der Waals surface area contributed by atoms with E-state index >= 15 is 0 Å². The molecule has 1 aliphatic heterocycles. The van der Waals surface area contributed by atoms with Gasteiger partial charge >= 0.3 is 0 Å². The predicted molar refractivity (Wildman–Crippen MR) is 102 cm³/mol. The Labute approximate surface area is 156 Å². The van der Waals surface area contributed by atoms with Gasteiger partial charge in [-0.05, 0) is 31.4 Å². The van der Waals surface area contributed by atoms with Crippen molar-refractivity contribution in [3.05, 3.63) is 36.4 Å². The molecule has 1 aromatic heterocycles. The minimum atomic E-state index is -0.623. The van der Waals surface area contributed by atoms with Crippen LogP contribution < -0.4 is 15.0 Å². The summed E-state index contributed by atoms with van der Waals surface area (Å²) in [5, 5.41) is 4.89. The summed E-state index contributed by atoms with van der Waals surface area (Å²) < 4.78 is 11.5. The van der Waals surface area contributed by atoms with Crippen molar-refractivity contribution in [2.75, 3.05) is 18.6 Å². The molecular formula is C21H20N2O4. The minimum absolute atomic E-state index is 0.159. The van der Waals surface area contributed by atoms with E-state index in [0.717, 1.165) is 29.2 Å². The maximum Gasteiger partial charge on any atom is 0.239 e. The van der Waals surface area contributed by atoms with Gasteiger partial charge in [0.15, 0.2) is 0 Å². The lowest BCUT2D eigenvalue weighted by atomic mass is 10.1. The van der Waals surface area contributed by atoms with Crippen LogP contribution in [0.2, 0.25) is 0 Å². The standard InChI is InChI=1S/C21H20N2O4/c1-26-19-10-15-13-4-2-3-5-17(13)27-18(15)11-16(19)23-9-8-14(21(23)25)20(24)22-12-6-7-12/h2-5,10-12,14H,6-9H2,1H3,(H,22,24)/t14-/m0/s1. The first-order valence-corrected chi connectivity index (χ1v) is 9.27. The molecule has 0 spiro atoms. The van der Waals surface area contributed by atoms with Gasteiger partial charge in [0.1, 0.15) is 22.8 Å². The van der Waals surface area contributed by atoms with Gasteiger partial charge in [0.2, 0.25) is 11.8 Å². The second-order valence-corrected chi connectivity index (χ2v) is 7.23. The van der Waals surface area contributed by atoms with Gasteiger partial charge in [0, 0.05) is 29.4 Å². The molecule has 138 valence electrons. The molecule has 27 heavy (non-hydrogen) atoms. The van der Waals surface area contributed by atoms with Crippen LogP contribution in [0, 0.1) is 5.92 Å². The topological polar surface area (TPSA) is 71.8 Å². The first-order chi connectivity index (χ1) is 13.2. The number of rotatable bonds is 4. The maximum absolute atomic E-state index is 12.9. The van der Waals surface area contributed by atoms with E-state index in [9.17, 15) is 9.59 Å². The highest BCUT2D eigenvalue weighted by atomic mass is 16.5. The number of hydrogen-bond donors (Lipinski definition) is 1. The highest BCUT2D eigenvalue weighted by Gasteiger charge is 2.40. The van der Waals surface area contributed by atoms with Crippen LogP contribution in [0.3, 0.4) is 0 Å². The molecule has 0 bridgehead atoms. The van der Waals surface area contributed by atoms with E-state index in [1.807, 2.05) is 36.4 Å². The minimum Gasteiger partial charge on any atom is -0.495 e. The molecule has 3 aromatic rings. The number of ether oxygens (including phenoxy) is 1. The van der Waals surface area contributed by atoms with E-state index in [4.69, 9.17) is 9.15 Å². The normalized spacial score (nSPS) is 19.8. The van der Waals surface area contributed by atoms with Gasteiger partial charge in [-0.1, -0.05) is 18.2 Å². The molecule has 6 nitrogen and oxygen atoms in total. The average Bonchev–Trinajstić information content (AvgIpc) is 3.29. The first kappa shape index (κ1) is 16.2. The zero-order chi connectivity index (χ0) is 18.5. The van der Waals surface area contributed by atoms with Crippen molar-refractivity contribution in [2.24, 2.45) is 5.92 Å². The SMILES string of the molecule is COc1cc2c(cc1N1CC[C@@H](C(=O)NC3CC3)C1=O)oc1ccccc12. The predicted octanol–water partition coefficient (Wildman–Crippen LogP) is 3.23. The quantitative estimate of drug-likeness (QED) is 0.722. The molecule has 2 fully saturated rings. The number of methoxy groups -OCH3 is 1. The van der Waals surface area contributed by atoms with Gasteiger partial charge in [-0.15, -0.1) is 0 Å². The molecule has 1 aliphatic carbocycles. The number of nitrogens with one attached hydrogen (secondary N) is 1. The number of benzene rings is 2. The summed E-state index contributed by atoms with van der Waals surface area (Å²) in [5.74, 6) is -0.358. The highest BCUT2D eigenvalue weighted by molar-refractivity contribution is 6.12. The van der Waals surface area contributed by atoms with Crippen LogP contribution in [0.5, 0.6) is 5.75 Å². The summed E-state index contributed by atoms with van der Waals surface area (Å²) >= 11 is 0. The van der Waals surface area contributed by atoms with Crippen LogP contribution in [0.15, 0.2) is 40.8 Å². The summed E-state index contributed by atoms with van der Waals surface area (Å²) in [6, 6.07) is 11.8. The lowest BCUT2D eigenvalue weighted by Crippen LogP contribution is -2.37. The molecule has 0 unspecified atom stereocenters. The molecule has 1 saturated carbocycles. The van der Waals surface area contributed by atoms with E-state index in [0.29, 0.717) is 30.0 Å². The Morgan fingerprint density at radius 3 is 2.74 bits per heavy atom. The molecule has 2 heterocycles. The summed E-state index contributed by atoms with van der Waals surface area (Å²) in [5.41, 5.74) is 2.14. The lowest BCUT2D eigenvalue weighted by Gasteiger charge is -2.19. The number of carbonyl (C=O) groups is 2. The summed E-state index contributed by atoms with van der Waals surface area (Å²) in [6.45, 7) is 0.490. The molecule has 1 saturated heterocycles. The fraction of sp³-hybridized carbons (Fsp3) is 0.333. The van der Waals surface area contributed by atoms with Gasteiger partial charge in [-0.3, -0.25) is 9.59 Å². The summed E-state index contributed by atoms with van der Waals surface area (Å²) in [6.07, 6.45) is 2.53. The fourth-order valence-corrected chi connectivity index (χ4v) is 3.81. The van der Waals surface area contributed by atoms with Crippen molar-refractivity contribution >= 4 is 39.4 Å². The molecule has 2 aliphatic rings. The average molecular weight is 364 g/mol. The molecule has 1 atom stereocenters. The van der Waals surface area contributed by atoms with Crippen LogP contribution >= 0.6 is 0 Å². The van der Waals surface area contributed by atoms with E-state index in [2.05, 4.69) is 5.32 Å². The van der Waals surface area contributed by atoms with E-state index < -0.39 is 5.92 Å². The van der Waals surface area contributed by atoms with Gasteiger partial charge in [0.25, 0.3) is 0 Å². The van der Waals surface area contributed by atoms with Crippen LogP contribution in [-0.4, -0.2) is 31.5 Å². The molecular weight excluding hydrogens is 344 g/mol. The lowest BCUT2D eigenvalue weighted by molar-refractivity contribution is -0.132. The Balaban J connectivity index is 1.52. The Morgan fingerprint density at radius 2 is 1.96 bits per heavy atom. The zero-order valence-electron chi connectivity index (χ0n) is 15.0. The number of furan rings is 1. The van der Waals surface area contributed by atoms with Crippen molar-refractivity contribution in [3.63, 3.8) is 0 Å². The van der Waals surface area contributed by atoms with E-state index in [-0.39, 0.29) is 17.9 Å². The van der Waals surface area contributed by atoms with E-state index in [1.54, 1.807) is 12.0 Å². The van der Waals surface area contributed by atoms with Gasteiger partial charge in [0.05, 0.1) is 12.8 Å². The van der Waals surface area contributed by atoms with Crippen molar-refractivity contribution in [1.82, 2.24) is 5.32 Å². The number of amides is 2. The number of nitrogens with zero attached hydrogens (tertiary/aromatic N) is 1. The highest BCUT2D eigenvalue weighted by Crippen LogP contribution is 2.40. The number of anilines is 1. The third kappa shape index (κ3) is 2.63. The van der Waals surface area contributed by atoms with Crippen LogP contribution in [0.25, 0.3) is 21.9 Å². The largest absolute Gasteiger partial charge is 0.495 e. The van der Waals surface area contributed by atoms with Crippen molar-refractivity contribution < 1.29 is 18.7 Å². The van der Waals surface area contributed by atoms with Gasteiger partial charge in [-0.2, -0.15) is 0 Å². The summed E-state index contributed by atoms with van der Waals surface area (Å²) in [4.78, 5) is 26.9. The van der Waals surface area contributed by atoms with Gasteiger partial charge in [-0.25, -0.2) is 0 Å². The van der Waals surface area contributed by atoms with Crippen LogP contribution in [-0.2, 0) is 9.59 Å². The second-order valence-electron chi connectivity index (χ2n) is 7.23. The fourth-order valence-electron chi connectivity index (χ4n) is 3.81. The van der Waals surface area contributed by atoms with Crippen molar-refractivity contribution in [2.45, 2.75) is 25.3 Å². The van der Waals surface area contributed by atoms with Crippen molar-refractivity contribution in [1.29, 1.82) is 0 Å². The molecule has 0 radical (unpaired) electrons. The third-order valence-corrected chi connectivity index (χ3v) is 5.41. The number of hydrogen-bond acceptors (Lipinski definition) is 4. The summed E-state index contributed by atoms with van der Waals surface area (Å²) in [7, 11) is 1.59. The monoisotopic (exact) mass is 364 g/mol. The first-order valence-electron chi connectivity index (χ1n) is 9.27. The maximum atomic E-state index is 12.9. The molecule has 6 heteroatoms. The second kappa shape index (κ2) is 6.01. The van der Waals surface area contributed by atoms with Crippen LogP contribution in [0.4, 0.5) is 5.69 Å².